The third-order valence-electron chi connectivity index (χ3n) is 4.06. The number of carbonyl (C=O) groups is 1. The Morgan fingerprint density at radius 1 is 1.55 bits per heavy atom. The number of carbonyl (C=O) groups excluding carboxylic acids is 1. The van der Waals surface area contributed by atoms with E-state index >= 15 is 0 Å². The topological polar surface area (TPSA) is 58.4 Å². The molecular weight excluding hydrogens is 270 g/mol. The van der Waals surface area contributed by atoms with Gasteiger partial charge in [-0.2, -0.15) is 11.3 Å². The van der Waals surface area contributed by atoms with Gasteiger partial charge in [0.15, 0.2) is 0 Å². The highest BCUT2D eigenvalue weighted by Crippen LogP contribution is 2.29. The number of thiophene rings is 1. The fraction of sp³-hybridized carbons (Fsp3) is 0.667. The molecular formula is C15H25N3OS. The Kier molecular flexibility index (Phi) is 5.57. The normalized spacial score (nSPS) is 20.6. The summed E-state index contributed by atoms with van der Waals surface area (Å²) in [5.74, 6) is 0.672. The van der Waals surface area contributed by atoms with E-state index in [-0.39, 0.29) is 11.9 Å². The zero-order chi connectivity index (χ0) is 14.5. The van der Waals surface area contributed by atoms with Crippen LogP contribution >= 0.6 is 11.3 Å². The lowest BCUT2D eigenvalue weighted by molar-refractivity contribution is -0.119. The van der Waals surface area contributed by atoms with Crippen molar-refractivity contribution in [1.82, 2.24) is 10.2 Å². The van der Waals surface area contributed by atoms with Crippen LogP contribution < -0.4 is 11.1 Å². The molecule has 0 saturated carbocycles. The van der Waals surface area contributed by atoms with Crippen molar-refractivity contribution in [2.75, 3.05) is 19.6 Å². The number of nitrogens with zero attached hydrogens (tertiary/aromatic N) is 1. The summed E-state index contributed by atoms with van der Waals surface area (Å²) >= 11 is 1.73. The molecule has 112 valence electrons. The standard InChI is InChI=1S/C15H25N3OS/c1-11(16)15(14-5-8-20-10-14)18-6-3-13(4-7-18)9-17-12(2)19/h5,8,10-11,13,15H,3-4,6-7,9,16H2,1-2H3,(H,17,19). The van der Waals surface area contributed by atoms with Gasteiger partial charge in [0, 0.05) is 19.5 Å². The van der Waals surface area contributed by atoms with E-state index in [4.69, 9.17) is 5.73 Å². The van der Waals surface area contributed by atoms with Crippen molar-refractivity contribution < 1.29 is 4.79 Å². The summed E-state index contributed by atoms with van der Waals surface area (Å²) in [5, 5.41) is 7.25. The van der Waals surface area contributed by atoms with Gasteiger partial charge in [0.05, 0.1) is 6.04 Å². The Hall–Kier alpha value is -0.910. The molecule has 4 nitrogen and oxygen atoms in total. The third-order valence-corrected chi connectivity index (χ3v) is 4.77. The number of amides is 1. The number of nitrogens with one attached hydrogen (secondary N) is 1. The van der Waals surface area contributed by atoms with Crippen LogP contribution in [0.4, 0.5) is 0 Å². The predicted molar refractivity (Wildman–Crippen MR) is 83.7 cm³/mol. The molecule has 0 bridgehead atoms. The van der Waals surface area contributed by atoms with Gasteiger partial charge in [-0.25, -0.2) is 0 Å². The van der Waals surface area contributed by atoms with Gasteiger partial charge in [0.2, 0.25) is 5.91 Å². The first-order chi connectivity index (χ1) is 9.58. The maximum absolute atomic E-state index is 11.0. The second-order valence-electron chi connectivity index (χ2n) is 5.78. The minimum Gasteiger partial charge on any atom is -0.356 e. The van der Waals surface area contributed by atoms with Crippen molar-refractivity contribution in [3.05, 3.63) is 22.4 Å². The van der Waals surface area contributed by atoms with Gasteiger partial charge < -0.3 is 11.1 Å². The first-order valence-electron chi connectivity index (χ1n) is 7.34. The van der Waals surface area contributed by atoms with Gasteiger partial charge in [-0.05, 0) is 61.2 Å². The Labute approximate surface area is 125 Å². The lowest BCUT2D eigenvalue weighted by Gasteiger charge is -2.39. The van der Waals surface area contributed by atoms with Crippen molar-refractivity contribution in [2.24, 2.45) is 11.7 Å². The largest absolute Gasteiger partial charge is 0.356 e. The molecule has 2 heterocycles. The van der Waals surface area contributed by atoms with Crippen molar-refractivity contribution in [3.63, 3.8) is 0 Å². The molecule has 1 fully saturated rings. The molecule has 1 amide bonds. The first kappa shape index (κ1) is 15.5. The lowest BCUT2D eigenvalue weighted by Crippen LogP contribution is -2.45. The second-order valence-corrected chi connectivity index (χ2v) is 6.56. The molecule has 3 N–H and O–H groups in total. The van der Waals surface area contributed by atoms with Crippen LogP contribution in [-0.4, -0.2) is 36.5 Å². The average molecular weight is 295 g/mol. The molecule has 1 saturated heterocycles. The fourth-order valence-electron chi connectivity index (χ4n) is 3.01. The zero-order valence-electron chi connectivity index (χ0n) is 12.3. The van der Waals surface area contributed by atoms with Crippen molar-refractivity contribution in [3.8, 4) is 0 Å². The maximum Gasteiger partial charge on any atom is 0.216 e. The number of piperidine rings is 1. The number of likely N-dealkylation sites (tertiary alicyclic amines) is 1. The molecule has 2 rings (SSSR count). The Bertz CT molecular complexity index is 411. The summed E-state index contributed by atoms with van der Waals surface area (Å²) in [7, 11) is 0. The van der Waals surface area contributed by atoms with Crippen LogP contribution in [0.3, 0.4) is 0 Å². The Morgan fingerprint density at radius 2 is 2.25 bits per heavy atom. The quantitative estimate of drug-likeness (QED) is 0.873. The molecule has 0 radical (unpaired) electrons. The zero-order valence-corrected chi connectivity index (χ0v) is 13.2. The summed E-state index contributed by atoms with van der Waals surface area (Å²) in [6.07, 6.45) is 2.27. The fourth-order valence-corrected chi connectivity index (χ4v) is 3.70. The lowest BCUT2D eigenvalue weighted by atomic mass is 9.93. The Balaban J connectivity index is 1.89. The van der Waals surface area contributed by atoms with Gasteiger partial charge in [-0.3, -0.25) is 9.69 Å². The highest BCUT2D eigenvalue weighted by molar-refractivity contribution is 7.07. The SMILES string of the molecule is CC(=O)NCC1CCN(C(c2ccsc2)C(C)N)CC1. The molecule has 1 aliphatic heterocycles. The monoisotopic (exact) mass is 295 g/mol. The summed E-state index contributed by atoms with van der Waals surface area (Å²) in [4.78, 5) is 13.5. The molecule has 0 aliphatic carbocycles. The summed E-state index contributed by atoms with van der Waals surface area (Å²) in [5.41, 5.74) is 7.54. The molecule has 2 unspecified atom stereocenters. The van der Waals surface area contributed by atoms with Crippen LogP contribution in [-0.2, 0) is 4.79 Å². The van der Waals surface area contributed by atoms with Crippen LogP contribution in [0.5, 0.6) is 0 Å². The van der Waals surface area contributed by atoms with E-state index < -0.39 is 0 Å². The highest BCUT2D eigenvalue weighted by atomic mass is 32.1. The van der Waals surface area contributed by atoms with Gasteiger partial charge >= 0.3 is 0 Å². The van der Waals surface area contributed by atoms with E-state index in [2.05, 4.69) is 34.0 Å². The molecule has 0 spiro atoms. The molecule has 1 aromatic heterocycles. The number of nitrogens with two attached hydrogens (primary N) is 1. The summed E-state index contributed by atoms with van der Waals surface area (Å²) < 4.78 is 0. The molecule has 20 heavy (non-hydrogen) atoms. The van der Waals surface area contributed by atoms with Crippen LogP contribution in [0.1, 0.15) is 38.3 Å². The second kappa shape index (κ2) is 7.20. The van der Waals surface area contributed by atoms with Gasteiger partial charge in [-0.15, -0.1) is 0 Å². The van der Waals surface area contributed by atoms with E-state index in [1.54, 1.807) is 18.3 Å². The molecule has 1 aliphatic rings. The third kappa shape index (κ3) is 4.04. The summed E-state index contributed by atoms with van der Waals surface area (Å²) in [6, 6.07) is 2.64. The van der Waals surface area contributed by atoms with E-state index in [1.807, 2.05) is 0 Å². The van der Waals surface area contributed by atoms with Crippen molar-refractivity contribution in [2.45, 2.75) is 38.8 Å². The minimum atomic E-state index is 0.0687. The minimum absolute atomic E-state index is 0.0687. The first-order valence-corrected chi connectivity index (χ1v) is 8.28. The van der Waals surface area contributed by atoms with E-state index in [0.717, 1.165) is 32.5 Å². The molecule has 1 aromatic rings. The molecule has 2 atom stereocenters. The molecule has 5 heteroatoms. The van der Waals surface area contributed by atoms with Crippen LogP contribution in [0.15, 0.2) is 16.8 Å². The summed E-state index contributed by atoms with van der Waals surface area (Å²) in [6.45, 7) is 6.60. The van der Waals surface area contributed by atoms with Gasteiger partial charge in [0.1, 0.15) is 0 Å². The number of hydrogen-bond acceptors (Lipinski definition) is 4. The van der Waals surface area contributed by atoms with E-state index in [9.17, 15) is 4.79 Å². The maximum atomic E-state index is 11.0. The predicted octanol–water partition coefficient (Wildman–Crippen LogP) is 1.98. The Morgan fingerprint density at radius 3 is 2.75 bits per heavy atom. The van der Waals surface area contributed by atoms with E-state index in [1.165, 1.54) is 5.56 Å². The van der Waals surface area contributed by atoms with Crippen molar-refractivity contribution >= 4 is 17.2 Å². The van der Waals surface area contributed by atoms with E-state index in [0.29, 0.717) is 12.0 Å². The van der Waals surface area contributed by atoms with Gasteiger partial charge in [-0.1, -0.05) is 0 Å². The number of rotatable bonds is 5. The number of hydrogen-bond donors (Lipinski definition) is 2. The van der Waals surface area contributed by atoms with Crippen molar-refractivity contribution in [1.29, 1.82) is 0 Å². The highest BCUT2D eigenvalue weighted by Gasteiger charge is 2.28. The van der Waals surface area contributed by atoms with Crippen LogP contribution in [0.2, 0.25) is 0 Å². The average Bonchev–Trinajstić information content (AvgIpc) is 2.91. The smallest absolute Gasteiger partial charge is 0.216 e. The van der Waals surface area contributed by atoms with Gasteiger partial charge in [0.25, 0.3) is 0 Å². The van der Waals surface area contributed by atoms with Crippen LogP contribution in [0.25, 0.3) is 0 Å². The molecule has 0 aromatic carbocycles. The van der Waals surface area contributed by atoms with Crippen LogP contribution in [0, 0.1) is 5.92 Å².